The maximum Gasteiger partial charge on any atom is 0.248 e. The van der Waals surface area contributed by atoms with E-state index in [9.17, 15) is 9.59 Å². The van der Waals surface area contributed by atoms with Crippen LogP contribution in [0.1, 0.15) is 15.9 Å². The van der Waals surface area contributed by atoms with Crippen LogP contribution in [-0.4, -0.2) is 12.2 Å². The van der Waals surface area contributed by atoms with Gasteiger partial charge in [0.05, 0.1) is 0 Å². The molecule has 0 aliphatic carbocycles. The third-order valence-electron chi connectivity index (χ3n) is 2.62. The summed E-state index contributed by atoms with van der Waals surface area (Å²) >= 11 is 0. The zero-order valence-corrected chi connectivity index (χ0v) is 10.2. The second kappa shape index (κ2) is 5.82. The van der Waals surface area contributed by atoms with Crippen LogP contribution in [0.25, 0.3) is 0 Å². The summed E-state index contributed by atoms with van der Waals surface area (Å²) in [6, 6.07) is 14.1. The van der Waals surface area contributed by atoms with Crippen LogP contribution in [-0.2, 0) is 11.2 Å². The topological polar surface area (TPSA) is 69.4 Å². The molecule has 2 aromatic rings. The van der Waals surface area contributed by atoms with E-state index in [1.807, 2.05) is 30.3 Å². The Balaban J connectivity index is 2.30. The van der Waals surface area contributed by atoms with E-state index < -0.39 is 5.91 Å². The third kappa shape index (κ3) is 3.19. The van der Waals surface area contributed by atoms with Crippen LogP contribution < -0.4 is 10.5 Å². The summed E-state index contributed by atoms with van der Waals surface area (Å²) < 4.78 is 5.63. The normalized spacial score (nSPS) is 9.89. The molecule has 0 bridgehead atoms. The number of amides is 1. The highest BCUT2D eigenvalue weighted by molar-refractivity contribution is 5.95. The molecule has 0 spiro atoms. The van der Waals surface area contributed by atoms with Crippen molar-refractivity contribution in [3.05, 3.63) is 59.7 Å². The minimum absolute atomic E-state index is 0.129. The molecular formula is C15H13NO3. The van der Waals surface area contributed by atoms with Crippen molar-refractivity contribution in [3.8, 4) is 11.5 Å². The quantitative estimate of drug-likeness (QED) is 0.833. The van der Waals surface area contributed by atoms with Crippen LogP contribution in [0.4, 0.5) is 0 Å². The van der Waals surface area contributed by atoms with Gasteiger partial charge in [0.1, 0.15) is 17.8 Å². The molecule has 0 unspecified atom stereocenters. The van der Waals surface area contributed by atoms with E-state index >= 15 is 0 Å². The minimum atomic E-state index is -0.553. The van der Waals surface area contributed by atoms with Crippen LogP contribution in [0.3, 0.4) is 0 Å². The standard InChI is InChI=1S/C15H13NO3/c16-15(18)14-7-6-13(10-11(14)8-9-17)19-12-4-2-1-3-5-12/h1-7,9-10H,8H2,(H2,16,18). The monoisotopic (exact) mass is 255 g/mol. The lowest BCUT2D eigenvalue weighted by atomic mass is 10.0. The number of ether oxygens (including phenoxy) is 1. The number of hydrogen-bond acceptors (Lipinski definition) is 3. The van der Waals surface area contributed by atoms with Gasteiger partial charge in [0.15, 0.2) is 0 Å². The van der Waals surface area contributed by atoms with Gasteiger partial charge in [-0.15, -0.1) is 0 Å². The van der Waals surface area contributed by atoms with Crippen molar-refractivity contribution in [2.45, 2.75) is 6.42 Å². The van der Waals surface area contributed by atoms with E-state index in [1.165, 1.54) is 0 Å². The van der Waals surface area contributed by atoms with Gasteiger partial charge < -0.3 is 15.3 Å². The summed E-state index contributed by atoms with van der Waals surface area (Å²) in [6.45, 7) is 0. The van der Waals surface area contributed by atoms with Crippen LogP contribution in [0, 0.1) is 0 Å². The number of para-hydroxylation sites is 1. The lowest BCUT2D eigenvalue weighted by Crippen LogP contribution is -2.14. The van der Waals surface area contributed by atoms with Gasteiger partial charge in [-0.3, -0.25) is 4.79 Å². The second-order valence-corrected chi connectivity index (χ2v) is 3.97. The highest BCUT2D eigenvalue weighted by Gasteiger charge is 2.09. The van der Waals surface area contributed by atoms with Gasteiger partial charge in [0.25, 0.3) is 0 Å². The van der Waals surface area contributed by atoms with E-state index in [0.29, 0.717) is 22.6 Å². The Morgan fingerprint density at radius 2 is 1.84 bits per heavy atom. The number of hydrogen-bond donors (Lipinski definition) is 1. The molecule has 1 amide bonds. The van der Waals surface area contributed by atoms with Crippen molar-refractivity contribution >= 4 is 12.2 Å². The van der Waals surface area contributed by atoms with Gasteiger partial charge in [-0.2, -0.15) is 0 Å². The molecule has 0 aromatic heterocycles. The van der Waals surface area contributed by atoms with Gasteiger partial charge in [0.2, 0.25) is 5.91 Å². The van der Waals surface area contributed by atoms with E-state index in [1.54, 1.807) is 18.2 Å². The maximum absolute atomic E-state index is 11.2. The molecule has 2 rings (SSSR count). The Kier molecular flexibility index (Phi) is 3.93. The molecule has 0 saturated carbocycles. The molecule has 2 N–H and O–H groups in total. The van der Waals surface area contributed by atoms with Crippen LogP contribution in [0.5, 0.6) is 11.5 Å². The van der Waals surface area contributed by atoms with E-state index in [0.717, 1.165) is 6.29 Å². The van der Waals surface area contributed by atoms with Crippen molar-refractivity contribution in [2.75, 3.05) is 0 Å². The van der Waals surface area contributed by atoms with Crippen molar-refractivity contribution in [2.24, 2.45) is 5.73 Å². The lowest BCUT2D eigenvalue weighted by Gasteiger charge is -2.09. The highest BCUT2D eigenvalue weighted by atomic mass is 16.5. The van der Waals surface area contributed by atoms with E-state index in [4.69, 9.17) is 10.5 Å². The SMILES string of the molecule is NC(=O)c1ccc(Oc2ccccc2)cc1CC=O. The predicted molar refractivity (Wildman–Crippen MR) is 71.2 cm³/mol. The molecule has 0 aliphatic rings. The van der Waals surface area contributed by atoms with Crippen molar-refractivity contribution in [1.29, 1.82) is 0 Å². The molecule has 0 fully saturated rings. The third-order valence-corrected chi connectivity index (χ3v) is 2.62. The largest absolute Gasteiger partial charge is 0.457 e. The zero-order chi connectivity index (χ0) is 13.7. The Hall–Kier alpha value is -2.62. The van der Waals surface area contributed by atoms with E-state index in [2.05, 4.69) is 0 Å². The predicted octanol–water partition coefficient (Wildman–Crippen LogP) is 2.32. The fourth-order valence-corrected chi connectivity index (χ4v) is 1.76. The van der Waals surface area contributed by atoms with Crippen LogP contribution in [0.2, 0.25) is 0 Å². The zero-order valence-electron chi connectivity index (χ0n) is 10.2. The molecule has 0 heterocycles. The Bertz CT molecular complexity index is 594. The summed E-state index contributed by atoms with van der Waals surface area (Å²) in [7, 11) is 0. The highest BCUT2D eigenvalue weighted by Crippen LogP contribution is 2.23. The van der Waals surface area contributed by atoms with Gasteiger partial charge >= 0.3 is 0 Å². The summed E-state index contributed by atoms with van der Waals surface area (Å²) in [4.78, 5) is 21.9. The van der Waals surface area contributed by atoms with Crippen molar-refractivity contribution in [3.63, 3.8) is 0 Å². The molecule has 0 radical (unpaired) electrons. The average molecular weight is 255 g/mol. The van der Waals surface area contributed by atoms with Crippen molar-refractivity contribution < 1.29 is 14.3 Å². The summed E-state index contributed by atoms with van der Waals surface area (Å²) in [5.41, 5.74) is 6.16. The molecule has 19 heavy (non-hydrogen) atoms. The number of carbonyl (C=O) groups excluding carboxylic acids is 2. The minimum Gasteiger partial charge on any atom is -0.457 e. The molecular weight excluding hydrogens is 242 g/mol. The molecule has 0 aliphatic heterocycles. The van der Waals surface area contributed by atoms with Crippen LogP contribution >= 0.6 is 0 Å². The lowest BCUT2D eigenvalue weighted by molar-refractivity contribution is -0.107. The summed E-state index contributed by atoms with van der Waals surface area (Å²) in [5.74, 6) is 0.697. The molecule has 2 aromatic carbocycles. The molecule has 0 saturated heterocycles. The summed E-state index contributed by atoms with van der Waals surface area (Å²) in [6.07, 6.45) is 0.859. The smallest absolute Gasteiger partial charge is 0.248 e. The number of carbonyl (C=O) groups is 2. The van der Waals surface area contributed by atoms with Crippen LogP contribution in [0.15, 0.2) is 48.5 Å². The average Bonchev–Trinajstić information content (AvgIpc) is 2.40. The Labute approximate surface area is 110 Å². The van der Waals surface area contributed by atoms with Gasteiger partial charge in [-0.05, 0) is 35.9 Å². The first-order valence-corrected chi connectivity index (χ1v) is 5.80. The number of aldehydes is 1. The molecule has 4 heteroatoms. The summed E-state index contributed by atoms with van der Waals surface area (Å²) in [5, 5.41) is 0. The van der Waals surface area contributed by atoms with Gasteiger partial charge in [-0.1, -0.05) is 18.2 Å². The fourth-order valence-electron chi connectivity index (χ4n) is 1.76. The van der Waals surface area contributed by atoms with E-state index in [-0.39, 0.29) is 6.42 Å². The number of primary amides is 1. The Morgan fingerprint density at radius 3 is 2.47 bits per heavy atom. The molecule has 96 valence electrons. The van der Waals surface area contributed by atoms with Crippen molar-refractivity contribution in [1.82, 2.24) is 0 Å². The Morgan fingerprint density at radius 1 is 1.11 bits per heavy atom. The maximum atomic E-state index is 11.2. The number of benzene rings is 2. The first-order chi connectivity index (χ1) is 9.20. The van der Waals surface area contributed by atoms with Gasteiger partial charge in [0, 0.05) is 12.0 Å². The second-order valence-electron chi connectivity index (χ2n) is 3.97. The number of rotatable bonds is 5. The first-order valence-electron chi connectivity index (χ1n) is 5.80. The number of nitrogens with two attached hydrogens (primary N) is 1. The molecule has 0 atom stereocenters. The fraction of sp³-hybridized carbons (Fsp3) is 0.0667. The van der Waals surface area contributed by atoms with Gasteiger partial charge in [-0.25, -0.2) is 0 Å². The first kappa shape index (κ1) is 12.8. The molecule has 4 nitrogen and oxygen atoms in total.